The van der Waals surface area contributed by atoms with Crippen molar-refractivity contribution in [2.75, 3.05) is 19.8 Å². The number of fused-ring (bicyclic) bond motifs is 1. The van der Waals surface area contributed by atoms with E-state index in [1.54, 1.807) is 0 Å². The van der Waals surface area contributed by atoms with Gasteiger partial charge in [-0.25, -0.2) is 4.98 Å². The Kier molecular flexibility index (Phi) is 9.99. The monoisotopic (exact) mass is 499 g/mol. The number of para-hydroxylation sites is 4. The maximum atomic E-state index is 12.1. The number of carbonyl (C=O) groups excluding carboxylic acids is 1. The fourth-order valence-corrected chi connectivity index (χ4v) is 4.46. The maximum absolute atomic E-state index is 12.1. The molecule has 0 atom stereocenters. The van der Waals surface area contributed by atoms with E-state index in [1.165, 1.54) is 5.56 Å². The highest BCUT2D eigenvalue weighted by Gasteiger charge is 2.11. The van der Waals surface area contributed by atoms with Crippen molar-refractivity contribution in [3.63, 3.8) is 0 Å². The number of amides is 1. The molecule has 37 heavy (non-hydrogen) atoms. The molecule has 1 N–H and O–H groups in total. The number of aryl methyl sites for hydroxylation is 2. The molecule has 4 rings (SSSR count). The Bertz CT molecular complexity index is 1250. The summed E-state index contributed by atoms with van der Waals surface area (Å²) in [6.07, 6.45) is 5.24. The first-order valence-corrected chi connectivity index (χ1v) is 13.3. The molecule has 0 fully saturated rings. The van der Waals surface area contributed by atoms with Gasteiger partial charge in [-0.05, 0) is 56.0 Å². The minimum absolute atomic E-state index is 0.122. The van der Waals surface area contributed by atoms with E-state index in [9.17, 15) is 4.79 Å². The molecule has 194 valence electrons. The number of hydrogen-bond donors (Lipinski definition) is 1. The van der Waals surface area contributed by atoms with Crippen LogP contribution in [0.2, 0.25) is 0 Å². The highest BCUT2D eigenvalue weighted by Crippen LogP contribution is 2.26. The van der Waals surface area contributed by atoms with E-state index in [0.29, 0.717) is 26.2 Å². The zero-order valence-corrected chi connectivity index (χ0v) is 21.7. The molecular weight excluding hydrogens is 462 g/mol. The molecule has 0 saturated heterocycles. The van der Waals surface area contributed by atoms with Gasteiger partial charge < -0.3 is 19.4 Å². The predicted octanol–water partition coefficient (Wildman–Crippen LogP) is 5.98. The number of carbonyl (C=O) groups is 1. The van der Waals surface area contributed by atoms with Gasteiger partial charge in [-0.3, -0.25) is 4.79 Å². The van der Waals surface area contributed by atoms with Gasteiger partial charge in [0.2, 0.25) is 5.91 Å². The summed E-state index contributed by atoms with van der Waals surface area (Å²) in [7, 11) is 0. The third kappa shape index (κ3) is 7.84. The molecule has 6 nitrogen and oxygen atoms in total. The first kappa shape index (κ1) is 26.3. The van der Waals surface area contributed by atoms with Crippen LogP contribution in [0.1, 0.15) is 44.0 Å². The van der Waals surface area contributed by atoms with Crippen molar-refractivity contribution < 1.29 is 14.3 Å². The van der Waals surface area contributed by atoms with E-state index in [2.05, 4.69) is 40.2 Å². The summed E-state index contributed by atoms with van der Waals surface area (Å²) in [6, 6.07) is 26.2. The average molecular weight is 500 g/mol. The van der Waals surface area contributed by atoms with Crippen LogP contribution in [0.4, 0.5) is 0 Å². The molecule has 0 spiro atoms. The van der Waals surface area contributed by atoms with Crippen LogP contribution >= 0.6 is 0 Å². The molecule has 0 radical (unpaired) electrons. The molecule has 0 unspecified atom stereocenters. The zero-order chi connectivity index (χ0) is 25.7. The summed E-state index contributed by atoms with van der Waals surface area (Å²) in [5.74, 6) is 2.74. The van der Waals surface area contributed by atoms with Gasteiger partial charge in [0.25, 0.3) is 0 Å². The van der Waals surface area contributed by atoms with Crippen LogP contribution in [0.15, 0.2) is 78.9 Å². The second kappa shape index (κ2) is 14.1. The molecule has 1 aromatic heterocycles. The number of hydrogen-bond acceptors (Lipinski definition) is 4. The van der Waals surface area contributed by atoms with Gasteiger partial charge >= 0.3 is 0 Å². The Morgan fingerprint density at radius 1 is 0.838 bits per heavy atom. The van der Waals surface area contributed by atoms with E-state index in [-0.39, 0.29) is 5.91 Å². The third-order valence-corrected chi connectivity index (χ3v) is 6.34. The first-order valence-electron chi connectivity index (χ1n) is 13.3. The molecule has 4 aromatic rings. The quantitative estimate of drug-likeness (QED) is 0.205. The van der Waals surface area contributed by atoms with E-state index < -0.39 is 0 Å². The van der Waals surface area contributed by atoms with Crippen LogP contribution in [0.25, 0.3) is 11.0 Å². The summed E-state index contributed by atoms with van der Waals surface area (Å²) >= 11 is 0. The van der Waals surface area contributed by atoms with Crippen molar-refractivity contribution in [2.45, 2.75) is 52.0 Å². The lowest BCUT2D eigenvalue weighted by atomic mass is 10.1. The summed E-state index contributed by atoms with van der Waals surface area (Å²) in [5, 5.41) is 3.05. The van der Waals surface area contributed by atoms with Crippen molar-refractivity contribution in [3.05, 3.63) is 90.3 Å². The minimum atomic E-state index is 0.122. The highest BCUT2D eigenvalue weighted by atomic mass is 16.5. The summed E-state index contributed by atoms with van der Waals surface area (Å²) in [5.41, 5.74) is 3.34. The van der Waals surface area contributed by atoms with Crippen molar-refractivity contribution in [1.29, 1.82) is 0 Å². The number of benzene rings is 3. The van der Waals surface area contributed by atoms with Gasteiger partial charge in [-0.2, -0.15) is 0 Å². The lowest BCUT2D eigenvalue weighted by Crippen LogP contribution is -2.24. The summed E-state index contributed by atoms with van der Waals surface area (Å²) in [6.45, 7) is 4.55. The van der Waals surface area contributed by atoms with Gasteiger partial charge in [0.1, 0.15) is 12.4 Å². The van der Waals surface area contributed by atoms with Crippen molar-refractivity contribution in [2.24, 2.45) is 0 Å². The highest BCUT2D eigenvalue weighted by molar-refractivity contribution is 5.76. The molecule has 1 amide bonds. The molecule has 6 heteroatoms. The molecular formula is C31H37N3O3. The van der Waals surface area contributed by atoms with Gasteiger partial charge in [0, 0.05) is 19.4 Å². The van der Waals surface area contributed by atoms with Crippen LogP contribution in [0.5, 0.6) is 11.5 Å². The maximum Gasteiger partial charge on any atom is 0.220 e. The van der Waals surface area contributed by atoms with Crippen LogP contribution in [0.3, 0.4) is 0 Å². The zero-order valence-electron chi connectivity index (χ0n) is 21.7. The van der Waals surface area contributed by atoms with Crippen molar-refractivity contribution in [1.82, 2.24) is 14.9 Å². The molecule has 0 aliphatic rings. The Morgan fingerprint density at radius 2 is 1.57 bits per heavy atom. The lowest BCUT2D eigenvalue weighted by molar-refractivity contribution is -0.121. The van der Waals surface area contributed by atoms with Crippen LogP contribution < -0.4 is 14.8 Å². The Morgan fingerprint density at radius 3 is 2.38 bits per heavy atom. The smallest absolute Gasteiger partial charge is 0.220 e. The fraction of sp³-hybridized carbons (Fsp3) is 0.355. The van der Waals surface area contributed by atoms with Crippen molar-refractivity contribution >= 4 is 16.9 Å². The molecule has 0 aliphatic carbocycles. The minimum Gasteiger partial charge on any atom is -0.490 e. The number of ether oxygens (including phenoxy) is 2. The average Bonchev–Trinajstić information content (AvgIpc) is 3.28. The normalized spacial score (nSPS) is 10.9. The number of aromatic nitrogens is 2. The fourth-order valence-electron chi connectivity index (χ4n) is 4.46. The molecule has 3 aromatic carbocycles. The number of rotatable bonds is 15. The molecule has 0 saturated carbocycles. The van der Waals surface area contributed by atoms with Crippen LogP contribution in [-0.2, 0) is 24.2 Å². The Balaban J connectivity index is 1.23. The third-order valence-electron chi connectivity index (χ3n) is 6.34. The molecule has 1 heterocycles. The molecule has 0 aliphatic heterocycles. The summed E-state index contributed by atoms with van der Waals surface area (Å²) < 4.78 is 14.0. The van der Waals surface area contributed by atoms with E-state index in [4.69, 9.17) is 14.5 Å². The Hall–Kier alpha value is -3.80. The second-order valence-corrected chi connectivity index (χ2v) is 9.04. The topological polar surface area (TPSA) is 65.4 Å². The lowest BCUT2D eigenvalue weighted by Gasteiger charge is -2.13. The van der Waals surface area contributed by atoms with Crippen LogP contribution in [0, 0.1) is 0 Å². The standard InChI is InChI=1S/C31H37N3O3/c1-2-36-28-17-10-11-18-29(28)37-24-23-34-27-16-9-8-15-26(27)33-30(34)19-7-4-12-22-32-31(35)21-20-25-13-5-3-6-14-25/h3,5-6,8-11,13-18H,2,4,7,12,19-24H2,1H3,(H,32,35). The van der Waals surface area contributed by atoms with E-state index >= 15 is 0 Å². The number of nitrogens with one attached hydrogen (secondary N) is 1. The van der Waals surface area contributed by atoms with Gasteiger partial charge in [-0.1, -0.05) is 61.0 Å². The van der Waals surface area contributed by atoms with Crippen LogP contribution in [-0.4, -0.2) is 35.2 Å². The SMILES string of the molecule is CCOc1ccccc1OCCn1c(CCCCCNC(=O)CCc2ccccc2)nc2ccccc21. The number of unbranched alkanes of at least 4 members (excludes halogenated alkanes) is 2. The van der Waals surface area contributed by atoms with E-state index in [0.717, 1.165) is 67.0 Å². The number of imidazole rings is 1. The van der Waals surface area contributed by atoms with Gasteiger partial charge in [0.15, 0.2) is 11.5 Å². The first-order chi connectivity index (χ1) is 18.2. The summed E-state index contributed by atoms with van der Waals surface area (Å²) in [4.78, 5) is 17.0. The largest absolute Gasteiger partial charge is 0.490 e. The van der Waals surface area contributed by atoms with Gasteiger partial charge in [0.05, 0.1) is 24.2 Å². The second-order valence-electron chi connectivity index (χ2n) is 9.04. The number of nitrogens with zero attached hydrogens (tertiary/aromatic N) is 2. The molecule has 0 bridgehead atoms. The Labute approximate surface area is 219 Å². The van der Waals surface area contributed by atoms with Crippen molar-refractivity contribution in [3.8, 4) is 11.5 Å². The predicted molar refractivity (Wildman–Crippen MR) is 148 cm³/mol. The van der Waals surface area contributed by atoms with E-state index in [1.807, 2.05) is 55.5 Å². The van der Waals surface area contributed by atoms with Gasteiger partial charge in [-0.15, -0.1) is 0 Å².